The average molecular weight is 1330 g/mol. The maximum Gasteiger partial charge on any atom is 0.415 e. The second-order valence-electron chi connectivity index (χ2n) is 25.9. The Morgan fingerprint density at radius 3 is 2.21 bits per heavy atom. The van der Waals surface area contributed by atoms with E-state index >= 15 is 0 Å². The summed E-state index contributed by atoms with van der Waals surface area (Å²) in [6.07, 6.45) is 5.49. The van der Waals surface area contributed by atoms with Gasteiger partial charge in [-0.25, -0.2) is 9.59 Å². The van der Waals surface area contributed by atoms with Gasteiger partial charge in [-0.15, -0.1) is 22.9 Å². The van der Waals surface area contributed by atoms with Crippen LogP contribution in [0, 0.1) is 18.3 Å². The van der Waals surface area contributed by atoms with Gasteiger partial charge in [0, 0.05) is 117 Å². The van der Waals surface area contributed by atoms with Crippen LogP contribution in [0.1, 0.15) is 111 Å². The molecule has 5 heterocycles. The summed E-state index contributed by atoms with van der Waals surface area (Å²) in [4.78, 5) is 133. The van der Waals surface area contributed by atoms with Gasteiger partial charge >= 0.3 is 12.2 Å². The maximum absolute atomic E-state index is 14.6. The molecular weight excluding hydrogens is 1240 g/mol. The summed E-state index contributed by atoms with van der Waals surface area (Å²) in [5.41, 5.74) is 10.4. The lowest BCUT2D eigenvalue weighted by molar-refractivity contribution is -0.137. The molecule has 1 saturated heterocycles. The molecule has 0 aliphatic carbocycles. The van der Waals surface area contributed by atoms with E-state index in [1.165, 1.54) is 51.0 Å². The van der Waals surface area contributed by atoms with E-state index in [1.54, 1.807) is 49.3 Å². The van der Waals surface area contributed by atoms with Crippen molar-refractivity contribution in [3.8, 4) is 11.5 Å². The molecule has 4 aromatic carbocycles. The van der Waals surface area contributed by atoms with Gasteiger partial charge in [-0.1, -0.05) is 76.6 Å². The summed E-state index contributed by atoms with van der Waals surface area (Å²) >= 11 is 8.10. The molecular formula is C70H85ClN10O12S. The van der Waals surface area contributed by atoms with Gasteiger partial charge in [0.1, 0.15) is 43.3 Å². The number of likely N-dealkylation sites (tertiary alicyclic amines) is 1. The van der Waals surface area contributed by atoms with Crippen LogP contribution in [0.2, 0.25) is 0 Å². The molecule has 9 rings (SSSR count). The first-order chi connectivity index (χ1) is 44.9. The highest BCUT2D eigenvalue weighted by Gasteiger charge is 2.38. The van der Waals surface area contributed by atoms with Crippen LogP contribution < -0.4 is 35.6 Å². The number of aryl methyl sites for hydroxylation is 1. The summed E-state index contributed by atoms with van der Waals surface area (Å²) in [6.45, 7) is 13.5. The number of aromatic nitrogens is 1. The Balaban J connectivity index is 0.789. The third-order valence-electron chi connectivity index (χ3n) is 17.0. The van der Waals surface area contributed by atoms with Crippen LogP contribution in [0.25, 0.3) is 21.0 Å². The normalized spacial score (nSPS) is 15.4. The van der Waals surface area contributed by atoms with E-state index in [2.05, 4.69) is 20.5 Å². The first kappa shape index (κ1) is 69.5. The molecule has 22 nitrogen and oxygen atoms in total. The number of nitrogens with two attached hydrogens (primary N) is 1. The number of halogens is 1. The van der Waals surface area contributed by atoms with E-state index in [4.69, 9.17) is 31.5 Å². The minimum atomic E-state index is -1.14. The van der Waals surface area contributed by atoms with Crippen molar-refractivity contribution in [3.63, 3.8) is 0 Å². The summed E-state index contributed by atoms with van der Waals surface area (Å²) in [5, 5.41) is 9.46. The van der Waals surface area contributed by atoms with E-state index in [1.807, 2.05) is 94.6 Å². The Kier molecular flexibility index (Phi) is 23.2. The van der Waals surface area contributed by atoms with E-state index < -0.39 is 59.9 Å². The van der Waals surface area contributed by atoms with Crippen LogP contribution >= 0.6 is 22.9 Å². The Morgan fingerprint density at radius 2 is 1.53 bits per heavy atom. The van der Waals surface area contributed by atoms with Crippen molar-refractivity contribution in [2.45, 2.75) is 111 Å². The molecule has 3 atom stereocenters. The molecule has 0 radical (unpaired) electrons. The quantitative estimate of drug-likeness (QED) is 0.0186. The minimum Gasteiger partial charge on any atom is -0.492 e. The van der Waals surface area contributed by atoms with Gasteiger partial charge in [0.25, 0.3) is 17.7 Å². The van der Waals surface area contributed by atoms with Gasteiger partial charge in [0.15, 0.2) is 5.75 Å². The number of primary amides is 1. The summed E-state index contributed by atoms with van der Waals surface area (Å²) in [7, 11) is 3.22. The number of ether oxygens (including phenoxy) is 3. The fourth-order valence-corrected chi connectivity index (χ4v) is 13.8. The van der Waals surface area contributed by atoms with E-state index in [-0.39, 0.29) is 80.9 Å². The smallest absolute Gasteiger partial charge is 0.415 e. The second-order valence-corrected chi connectivity index (χ2v) is 27.0. The highest BCUT2D eigenvalue weighted by molar-refractivity contribution is 7.17. The number of imide groups is 1. The number of H-pyrrole nitrogens is 1. The molecule has 0 bridgehead atoms. The zero-order valence-electron chi connectivity index (χ0n) is 54.5. The molecule has 3 aliphatic heterocycles. The van der Waals surface area contributed by atoms with E-state index in [9.17, 15) is 43.2 Å². The predicted molar refractivity (Wildman–Crippen MR) is 362 cm³/mol. The number of nitrogens with one attached hydrogen (secondary N) is 3. The number of aromatic amines is 1. The molecule has 0 spiro atoms. The molecule has 0 saturated carbocycles. The number of rotatable bonds is 30. The monoisotopic (exact) mass is 1320 g/mol. The fourth-order valence-electron chi connectivity index (χ4n) is 12.5. The molecule has 0 unspecified atom stereocenters. The number of carbonyl (C=O) groups is 9. The van der Waals surface area contributed by atoms with Crippen molar-refractivity contribution >= 4 is 109 Å². The summed E-state index contributed by atoms with van der Waals surface area (Å²) in [5.74, 6) is -2.35. The number of benzene rings is 4. The van der Waals surface area contributed by atoms with Crippen LogP contribution in [0.15, 0.2) is 102 Å². The molecule has 3 aliphatic rings. The number of anilines is 2. The van der Waals surface area contributed by atoms with Crippen molar-refractivity contribution in [2.75, 3.05) is 88.7 Å². The van der Waals surface area contributed by atoms with Gasteiger partial charge < -0.3 is 55.2 Å². The lowest BCUT2D eigenvalue weighted by Gasteiger charge is -2.33. The minimum absolute atomic E-state index is 0.0778. The third-order valence-corrected chi connectivity index (χ3v) is 18.5. The van der Waals surface area contributed by atoms with Crippen molar-refractivity contribution in [1.82, 2.24) is 35.2 Å². The number of fused-ring (bicyclic) bond motifs is 4. The number of hydrogen-bond acceptors (Lipinski definition) is 14. The molecule has 2 aromatic heterocycles. The van der Waals surface area contributed by atoms with E-state index in [0.29, 0.717) is 60.8 Å². The number of unbranched alkanes of at least 4 members (excludes halogenated alkanes) is 2. The van der Waals surface area contributed by atoms with Crippen molar-refractivity contribution < 1.29 is 57.4 Å². The van der Waals surface area contributed by atoms with Gasteiger partial charge in [-0.3, -0.25) is 43.4 Å². The zero-order valence-corrected chi connectivity index (χ0v) is 56.1. The molecule has 1 fully saturated rings. The standard InChI is InChI=1S/C70H85ClN10O12S/c1-44(2)32-54(75-65(86)53(33-46-16-10-8-11-17-46)74-59(83)18-12-9-13-29-79-60(84)25-26-61(79)85)66(87)80(39-58(72)82)50-21-19-47(20-22-50)40-92-68(89)76(6)42-70(4,5)43-77(7)69(90)93-57-36-56-63(62-45(3)41-94-64(57)62)49(37-71)38-81(56)67(88)55-35-48-34-51(23-24-52(48)73-55)91-31-30-78-27-14-15-28-78/h8,10-11,16-17,19-26,34-36,41,44,49,53-54,73H,9,12-15,18,27-33,37-40,42-43H2,1-7H3,(H2,72,82)(H,74,83)(H,75,86)/t49-,53+,54+/m1/s1. The van der Waals surface area contributed by atoms with Crippen LogP contribution in [-0.2, 0) is 46.5 Å². The molecule has 94 heavy (non-hydrogen) atoms. The SMILES string of the molecule is Cc1csc2c(OC(=O)N(C)CC(C)(C)CN(C)C(=O)OCc3ccc(N(CC(N)=O)C(=O)[C@H](CC(C)C)NC(=O)[C@H](Cc4ccccc4)NC(=O)CCCCCN4C(=O)C=CC4=O)cc3)cc3c(c12)[C@H](CCl)CN3C(=O)c1cc2cc(OCCN3CCCC3)ccc2[nH]1. The first-order valence-corrected chi connectivity index (χ1v) is 33.4. The predicted octanol–water partition coefficient (Wildman–Crippen LogP) is 9.44. The number of hydrogen-bond donors (Lipinski definition) is 4. The fraction of sp³-hybridized carbons (Fsp3) is 0.443. The van der Waals surface area contributed by atoms with Crippen molar-refractivity contribution in [3.05, 3.63) is 130 Å². The first-order valence-electron chi connectivity index (χ1n) is 32.0. The van der Waals surface area contributed by atoms with Gasteiger partial charge in [0.05, 0.1) is 10.4 Å². The second kappa shape index (κ2) is 31.4. The largest absolute Gasteiger partial charge is 0.492 e. The maximum atomic E-state index is 14.6. The summed E-state index contributed by atoms with van der Waals surface area (Å²) < 4.78 is 18.8. The topological polar surface area (TPSA) is 267 Å². The zero-order chi connectivity index (χ0) is 67.4. The number of amides is 9. The Labute approximate surface area is 557 Å². The Morgan fingerprint density at radius 1 is 0.830 bits per heavy atom. The van der Waals surface area contributed by atoms with Crippen molar-refractivity contribution in [2.24, 2.45) is 17.1 Å². The average Bonchev–Trinajstić information content (AvgIpc) is 1.57. The summed E-state index contributed by atoms with van der Waals surface area (Å²) in [6, 6.07) is 22.7. The van der Waals surface area contributed by atoms with Crippen LogP contribution in [0.4, 0.5) is 21.0 Å². The van der Waals surface area contributed by atoms with Gasteiger partial charge in [-0.2, -0.15) is 0 Å². The lowest BCUT2D eigenvalue weighted by atomic mass is 9.92. The number of carbonyl (C=O) groups excluding carboxylic acids is 9. The highest BCUT2D eigenvalue weighted by atomic mass is 35.5. The molecule has 5 N–H and O–H groups in total. The third kappa shape index (κ3) is 17.7. The van der Waals surface area contributed by atoms with E-state index in [0.717, 1.165) is 68.0 Å². The van der Waals surface area contributed by atoms with Crippen LogP contribution in [0.5, 0.6) is 11.5 Å². The molecule has 500 valence electrons. The number of alkyl halides is 1. The highest BCUT2D eigenvalue weighted by Crippen LogP contribution is 2.49. The van der Waals surface area contributed by atoms with Gasteiger partial charge in [0.2, 0.25) is 23.6 Å². The molecule has 24 heteroatoms. The van der Waals surface area contributed by atoms with Crippen molar-refractivity contribution in [1.29, 1.82) is 0 Å². The lowest BCUT2D eigenvalue weighted by Crippen LogP contribution is -2.56. The number of thiophene rings is 1. The number of nitrogens with zero attached hydrogens (tertiary/aromatic N) is 6. The Bertz CT molecular complexity index is 3770. The molecule has 9 amide bonds. The van der Waals surface area contributed by atoms with Gasteiger partial charge in [-0.05, 0) is 122 Å². The molecule has 6 aromatic rings. The van der Waals surface area contributed by atoms with Crippen LogP contribution in [0.3, 0.4) is 0 Å². The van der Waals surface area contributed by atoms with Crippen LogP contribution in [-0.4, -0.2) is 169 Å². The Hall–Kier alpha value is -8.80.